The van der Waals surface area contributed by atoms with E-state index in [0.717, 1.165) is 5.39 Å². The molecule has 7 heteroatoms. The minimum atomic E-state index is -1.09. The van der Waals surface area contributed by atoms with E-state index in [2.05, 4.69) is 10.1 Å². The first-order chi connectivity index (χ1) is 12.0. The van der Waals surface area contributed by atoms with E-state index >= 15 is 0 Å². The number of aliphatic carboxylic acids is 1. The van der Waals surface area contributed by atoms with E-state index in [4.69, 9.17) is 26.0 Å². The van der Waals surface area contributed by atoms with Crippen LogP contribution in [0.5, 0.6) is 5.75 Å². The Morgan fingerprint density at radius 3 is 2.88 bits per heavy atom. The molecule has 25 heavy (non-hydrogen) atoms. The number of nitrogens with zero attached hydrogens (tertiary/aromatic N) is 2. The average molecular weight is 361 g/mol. The maximum absolute atomic E-state index is 10.8. The predicted octanol–water partition coefficient (Wildman–Crippen LogP) is 4.12. The lowest BCUT2D eigenvalue weighted by molar-refractivity contribution is -0.136. The standard InChI is InChI=1S/C18H17ClN2O4/c1-2-18(19,16-5-3-4-10-20-16)24-12-6-8-15-13(11-12)14(21-25-15)7-9-17(22)23/h3-6,8,10-11H,2,7,9H2,1H3,(H,22,23). The van der Waals surface area contributed by atoms with Gasteiger partial charge in [0.1, 0.15) is 5.75 Å². The Kier molecular flexibility index (Phi) is 4.90. The number of fused-ring (bicyclic) bond motifs is 1. The molecule has 3 rings (SSSR count). The van der Waals surface area contributed by atoms with E-state index in [1.807, 2.05) is 25.1 Å². The van der Waals surface area contributed by atoms with Crippen molar-refractivity contribution >= 4 is 28.5 Å². The summed E-state index contributed by atoms with van der Waals surface area (Å²) in [7, 11) is 0. The molecule has 0 bridgehead atoms. The molecule has 0 aliphatic heterocycles. The van der Waals surface area contributed by atoms with Gasteiger partial charge in [-0.05, 0) is 30.3 Å². The van der Waals surface area contributed by atoms with Crippen molar-refractivity contribution in [1.29, 1.82) is 0 Å². The third kappa shape index (κ3) is 3.74. The number of ether oxygens (including phenoxy) is 1. The summed E-state index contributed by atoms with van der Waals surface area (Å²) in [5.74, 6) is -0.348. The molecular weight excluding hydrogens is 344 g/mol. The van der Waals surface area contributed by atoms with Crippen LogP contribution in [0.1, 0.15) is 31.2 Å². The fourth-order valence-electron chi connectivity index (χ4n) is 2.51. The van der Waals surface area contributed by atoms with Crippen molar-refractivity contribution in [3.05, 3.63) is 54.0 Å². The van der Waals surface area contributed by atoms with Gasteiger partial charge in [-0.1, -0.05) is 29.7 Å². The highest BCUT2D eigenvalue weighted by molar-refractivity contribution is 6.23. The van der Waals surface area contributed by atoms with E-state index < -0.39 is 11.0 Å². The Morgan fingerprint density at radius 2 is 2.20 bits per heavy atom. The number of aromatic nitrogens is 2. The van der Waals surface area contributed by atoms with Crippen molar-refractivity contribution in [1.82, 2.24) is 10.1 Å². The van der Waals surface area contributed by atoms with Gasteiger partial charge < -0.3 is 14.4 Å². The van der Waals surface area contributed by atoms with Gasteiger partial charge in [0.25, 0.3) is 0 Å². The number of carbonyl (C=O) groups is 1. The van der Waals surface area contributed by atoms with Gasteiger partial charge in [-0.3, -0.25) is 9.78 Å². The molecule has 0 radical (unpaired) electrons. The van der Waals surface area contributed by atoms with Crippen LogP contribution >= 0.6 is 11.6 Å². The quantitative estimate of drug-likeness (QED) is 0.638. The molecule has 0 aliphatic carbocycles. The minimum Gasteiger partial charge on any atom is -0.481 e. The topological polar surface area (TPSA) is 85.5 Å². The second kappa shape index (κ2) is 7.11. The number of halogens is 1. The van der Waals surface area contributed by atoms with E-state index in [1.54, 1.807) is 24.4 Å². The summed E-state index contributed by atoms with van der Waals surface area (Å²) >= 11 is 6.65. The van der Waals surface area contributed by atoms with E-state index in [1.165, 1.54) is 0 Å². The first kappa shape index (κ1) is 17.2. The van der Waals surface area contributed by atoms with Crippen LogP contribution in [-0.2, 0) is 16.3 Å². The molecule has 6 nitrogen and oxygen atoms in total. The minimum absolute atomic E-state index is 0.0188. The molecule has 0 aliphatic rings. The molecule has 1 unspecified atom stereocenters. The molecule has 1 N–H and O–H groups in total. The molecule has 2 heterocycles. The largest absolute Gasteiger partial charge is 0.481 e. The van der Waals surface area contributed by atoms with Crippen LogP contribution in [0.15, 0.2) is 47.1 Å². The zero-order valence-electron chi connectivity index (χ0n) is 13.6. The number of hydrogen-bond acceptors (Lipinski definition) is 5. The van der Waals surface area contributed by atoms with E-state index in [0.29, 0.717) is 29.1 Å². The van der Waals surface area contributed by atoms with Gasteiger partial charge in [-0.2, -0.15) is 0 Å². The number of benzene rings is 1. The highest BCUT2D eigenvalue weighted by atomic mass is 35.5. The summed E-state index contributed by atoms with van der Waals surface area (Å²) in [6.45, 7) is 1.91. The first-order valence-corrected chi connectivity index (χ1v) is 8.29. The zero-order valence-corrected chi connectivity index (χ0v) is 14.4. The fourth-order valence-corrected chi connectivity index (χ4v) is 2.71. The van der Waals surface area contributed by atoms with Gasteiger partial charge in [0.15, 0.2) is 5.58 Å². The van der Waals surface area contributed by atoms with Crippen LogP contribution < -0.4 is 4.74 Å². The van der Waals surface area contributed by atoms with Crippen LogP contribution in [0.3, 0.4) is 0 Å². The molecule has 0 saturated heterocycles. The Balaban J connectivity index is 1.90. The highest BCUT2D eigenvalue weighted by Gasteiger charge is 2.31. The van der Waals surface area contributed by atoms with Crippen molar-refractivity contribution in [2.75, 3.05) is 0 Å². The van der Waals surface area contributed by atoms with Gasteiger partial charge >= 0.3 is 5.97 Å². The maximum Gasteiger partial charge on any atom is 0.303 e. The van der Waals surface area contributed by atoms with Crippen molar-refractivity contribution < 1.29 is 19.2 Å². The van der Waals surface area contributed by atoms with Gasteiger partial charge in [-0.25, -0.2) is 0 Å². The van der Waals surface area contributed by atoms with E-state index in [-0.39, 0.29) is 12.8 Å². The number of rotatable bonds is 7. The van der Waals surface area contributed by atoms with E-state index in [9.17, 15) is 4.79 Å². The van der Waals surface area contributed by atoms with Crippen molar-refractivity contribution in [2.24, 2.45) is 0 Å². The molecule has 3 aromatic rings. The molecule has 0 fully saturated rings. The number of carboxylic acid groups (broad SMARTS) is 1. The third-order valence-corrected chi connectivity index (χ3v) is 4.41. The fraction of sp³-hybridized carbons (Fsp3) is 0.278. The Hall–Kier alpha value is -2.60. The number of alkyl halides is 1. The van der Waals surface area contributed by atoms with Crippen molar-refractivity contribution in [3.63, 3.8) is 0 Å². The van der Waals surface area contributed by atoms with Gasteiger partial charge in [0, 0.05) is 24.4 Å². The van der Waals surface area contributed by atoms with Crippen molar-refractivity contribution in [2.45, 2.75) is 31.2 Å². The van der Waals surface area contributed by atoms with Crippen LogP contribution in [0.4, 0.5) is 0 Å². The Labute approximate surface area is 149 Å². The third-order valence-electron chi connectivity index (χ3n) is 3.87. The molecule has 0 saturated carbocycles. The lowest BCUT2D eigenvalue weighted by Gasteiger charge is -2.26. The first-order valence-electron chi connectivity index (χ1n) is 7.91. The van der Waals surface area contributed by atoms with Gasteiger partial charge in [-0.15, -0.1) is 0 Å². The SMILES string of the molecule is CCC(Cl)(Oc1ccc2onc(CCC(=O)O)c2c1)c1ccccn1. The lowest BCUT2D eigenvalue weighted by Crippen LogP contribution is -2.26. The molecule has 1 aromatic carbocycles. The smallest absolute Gasteiger partial charge is 0.303 e. The van der Waals surface area contributed by atoms with Crippen molar-refractivity contribution in [3.8, 4) is 5.75 Å². The van der Waals surface area contributed by atoms with Gasteiger partial charge in [0.2, 0.25) is 5.06 Å². The van der Waals surface area contributed by atoms with Crippen LogP contribution in [0, 0.1) is 0 Å². The van der Waals surface area contributed by atoms with Crippen LogP contribution in [-0.4, -0.2) is 21.2 Å². The highest BCUT2D eigenvalue weighted by Crippen LogP contribution is 2.35. The molecule has 130 valence electrons. The summed E-state index contributed by atoms with van der Waals surface area (Å²) in [6.07, 6.45) is 2.44. The number of pyridine rings is 1. The second-order valence-corrected chi connectivity index (χ2v) is 6.19. The monoisotopic (exact) mass is 360 g/mol. The summed E-state index contributed by atoms with van der Waals surface area (Å²) in [6, 6.07) is 10.7. The lowest BCUT2D eigenvalue weighted by atomic mass is 10.1. The average Bonchev–Trinajstić information content (AvgIpc) is 3.03. The van der Waals surface area contributed by atoms with Crippen LogP contribution in [0.25, 0.3) is 11.0 Å². The molecule has 1 atom stereocenters. The Morgan fingerprint density at radius 1 is 1.36 bits per heavy atom. The number of carboxylic acids is 1. The normalized spacial score (nSPS) is 13.5. The summed E-state index contributed by atoms with van der Waals surface area (Å²) in [5.41, 5.74) is 1.77. The van der Waals surface area contributed by atoms with Crippen LogP contribution in [0.2, 0.25) is 0 Å². The predicted molar refractivity (Wildman–Crippen MR) is 92.7 cm³/mol. The molecule has 0 spiro atoms. The molecule has 2 aromatic heterocycles. The molecular formula is C18H17ClN2O4. The zero-order chi connectivity index (χ0) is 17.9. The summed E-state index contributed by atoms with van der Waals surface area (Å²) in [4.78, 5) is 15.1. The summed E-state index contributed by atoms with van der Waals surface area (Å²) in [5, 5.41) is 12.4. The molecule has 0 amide bonds. The Bertz CT molecular complexity index is 881. The summed E-state index contributed by atoms with van der Waals surface area (Å²) < 4.78 is 11.2. The van der Waals surface area contributed by atoms with Gasteiger partial charge in [0.05, 0.1) is 17.8 Å². The maximum atomic E-state index is 10.8. The number of hydrogen-bond donors (Lipinski definition) is 1. The second-order valence-electron chi connectivity index (χ2n) is 5.58. The number of aryl methyl sites for hydroxylation is 1.